The molecule has 10 heteroatoms. The standard InChI is InChI=1S/C19H22F2N6O2/c20-14-1-2-16(15(21)13-14)23-19(28)27-7-5-25(6-8-27)17-3-4-22-18(24-17)26-9-11-29-12-10-26/h1-4,13H,5-12H2,(H,23,28). The van der Waals surface area contributed by atoms with Crippen LogP contribution in [-0.4, -0.2) is 73.4 Å². The molecular formula is C19H22F2N6O2. The van der Waals surface area contributed by atoms with Gasteiger partial charge in [-0.05, 0) is 18.2 Å². The van der Waals surface area contributed by atoms with E-state index in [9.17, 15) is 13.6 Å². The van der Waals surface area contributed by atoms with Gasteiger partial charge in [0.05, 0.1) is 18.9 Å². The molecule has 0 bridgehead atoms. The number of halogens is 2. The van der Waals surface area contributed by atoms with Crippen LogP contribution in [0.2, 0.25) is 0 Å². The van der Waals surface area contributed by atoms with E-state index in [4.69, 9.17) is 4.74 Å². The summed E-state index contributed by atoms with van der Waals surface area (Å²) in [7, 11) is 0. The van der Waals surface area contributed by atoms with E-state index in [1.165, 1.54) is 6.07 Å². The molecule has 2 aliphatic heterocycles. The van der Waals surface area contributed by atoms with Crippen LogP contribution in [0.3, 0.4) is 0 Å². The lowest BCUT2D eigenvalue weighted by atomic mass is 10.3. The van der Waals surface area contributed by atoms with E-state index in [1.54, 1.807) is 11.1 Å². The Labute approximate surface area is 167 Å². The van der Waals surface area contributed by atoms with Crippen molar-refractivity contribution in [2.75, 3.05) is 67.6 Å². The van der Waals surface area contributed by atoms with Crippen molar-refractivity contribution >= 4 is 23.5 Å². The van der Waals surface area contributed by atoms with Crippen LogP contribution in [0.4, 0.5) is 31.0 Å². The largest absolute Gasteiger partial charge is 0.378 e. The number of anilines is 3. The zero-order valence-corrected chi connectivity index (χ0v) is 15.9. The molecule has 1 N–H and O–H groups in total. The number of ether oxygens (including phenoxy) is 1. The molecule has 4 rings (SSSR count). The normalized spacial score (nSPS) is 17.4. The van der Waals surface area contributed by atoms with Crippen LogP contribution in [0.15, 0.2) is 30.5 Å². The maximum atomic E-state index is 13.7. The van der Waals surface area contributed by atoms with Gasteiger partial charge in [-0.2, -0.15) is 4.98 Å². The number of benzene rings is 1. The van der Waals surface area contributed by atoms with Crippen LogP contribution in [-0.2, 0) is 4.74 Å². The van der Waals surface area contributed by atoms with Gasteiger partial charge in [0, 0.05) is 51.5 Å². The second kappa shape index (κ2) is 8.56. The summed E-state index contributed by atoms with van der Waals surface area (Å²) in [6, 6.07) is 4.51. The number of amides is 2. The van der Waals surface area contributed by atoms with Crippen molar-refractivity contribution < 1.29 is 18.3 Å². The van der Waals surface area contributed by atoms with Gasteiger partial charge in [0.15, 0.2) is 0 Å². The number of urea groups is 1. The molecule has 2 saturated heterocycles. The topological polar surface area (TPSA) is 73.8 Å². The van der Waals surface area contributed by atoms with Crippen LogP contribution in [0.25, 0.3) is 0 Å². The molecule has 29 heavy (non-hydrogen) atoms. The predicted octanol–water partition coefficient (Wildman–Crippen LogP) is 1.95. The van der Waals surface area contributed by atoms with Gasteiger partial charge in [-0.15, -0.1) is 0 Å². The van der Waals surface area contributed by atoms with Crippen molar-refractivity contribution in [2.45, 2.75) is 0 Å². The molecule has 0 unspecified atom stereocenters. The summed E-state index contributed by atoms with van der Waals surface area (Å²) < 4.78 is 32.1. The van der Waals surface area contributed by atoms with E-state index in [1.807, 2.05) is 6.07 Å². The molecule has 2 aliphatic rings. The third-order valence-electron chi connectivity index (χ3n) is 4.99. The molecule has 154 valence electrons. The summed E-state index contributed by atoms with van der Waals surface area (Å²) in [4.78, 5) is 27.2. The van der Waals surface area contributed by atoms with E-state index in [0.29, 0.717) is 45.3 Å². The predicted molar refractivity (Wildman–Crippen MR) is 104 cm³/mol. The molecule has 0 atom stereocenters. The van der Waals surface area contributed by atoms with Gasteiger partial charge in [-0.3, -0.25) is 0 Å². The molecule has 1 aromatic carbocycles. The first-order valence-electron chi connectivity index (χ1n) is 9.52. The lowest BCUT2D eigenvalue weighted by molar-refractivity contribution is 0.122. The van der Waals surface area contributed by atoms with Crippen molar-refractivity contribution in [3.8, 4) is 0 Å². The Balaban J connectivity index is 1.35. The molecule has 0 radical (unpaired) electrons. The summed E-state index contributed by atoms with van der Waals surface area (Å²) in [5, 5.41) is 2.50. The molecule has 0 aliphatic carbocycles. The zero-order valence-electron chi connectivity index (χ0n) is 15.9. The number of aromatic nitrogens is 2. The molecule has 0 spiro atoms. The van der Waals surface area contributed by atoms with Crippen molar-refractivity contribution in [3.05, 3.63) is 42.1 Å². The van der Waals surface area contributed by atoms with Crippen LogP contribution in [0, 0.1) is 11.6 Å². The molecule has 0 saturated carbocycles. The maximum Gasteiger partial charge on any atom is 0.322 e. The smallest absolute Gasteiger partial charge is 0.322 e. The second-order valence-corrected chi connectivity index (χ2v) is 6.84. The fourth-order valence-corrected chi connectivity index (χ4v) is 3.35. The van der Waals surface area contributed by atoms with Gasteiger partial charge in [0.1, 0.15) is 17.5 Å². The summed E-state index contributed by atoms with van der Waals surface area (Å²) in [5.74, 6) is 0.00733. The van der Waals surface area contributed by atoms with E-state index >= 15 is 0 Å². The number of nitrogens with zero attached hydrogens (tertiary/aromatic N) is 5. The number of nitrogens with one attached hydrogen (secondary N) is 1. The number of rotatable bonds is 3. The van der Waals surface area contributed by atoms with Gasteiger partial charge < -0.3 is 24.8 Å². The highest BCUT2D eigenvalue weighted by Gasteiger charge is 2.23. The van der Waals surface area contributed by atoms with Gasteiger partial charge in [0.2, 0.25) is 5.95 Å². The summed E-state index contributed by atoms with van der Waals surface area (Å²) >= 11 is 0. The SMILES string of the molecule is O=C(Nc1ccc(F)cc1F)N1CCN(c2ccnc(N3CCOCC3)n2)CC1. The first-order valence-corrected chi connectivity index (χ1v) is 9.52. The van der Waals surface area contributed by atoms with Crippen molar-refractivity contribution in [3.63, 3.8) is 0 Å². The Hall–Kier alpha value is -3.01. The number of hydrogen-bond donors (Lipinski definition) is 1. The molecule has 1 aromatic heterocycles. The fourth-order valence-electron chi connectivity index (χ4n) is 3.35. The van der Waals surface area contributed by atoms with Crippen LogP contribution in [0.1, 0.15) is 0 Å². The summed E-state index contributed by atoms with van der Waals surface area (Å²) in [6.07, 6.45) is 1.74. The molecule has 2 fully saturated rings. The number of piperazine rings is 1. The van der Waals surface area contributed by atoms with E-state index < -0.39 is 17.7 Å². The van der Waals surface area contributed by atoms with E-state index in [-0.39, 0.29) is 5.69 Å². The average Bonchev–Trinajstić information content (AvgIpc) is 2.76. The minimum atomic E-state index is -0.798. The first-order chi connectivity index (χ1) is 14.1. The van der Waals surface area contributed by atoms with Gasteiger partial charge in [-0.25, -0.2) is 18.6 Å². The monoisotopic (exact) mass is 404 g/mol. The van der Waals surface area contributed by atoms with Crippen LogP contribution >= 0.6 is 0 Å². The molecular weight excluding hydrogens is 382 g/mol. The number of hydrogen-bond acceptors (Lipinski definition) is 6. The third kappa shape index (κ3) is 4.53. The van der Waals surface area contributed by atoms with Crippen molar-refractivity contribution in [1.29, 1.82) is 0 Å². The van der Waals surface area contributed by atoms with Gasteiger partial charge in [0.25, 0.3) is 0 Å². The van der Waals surface area contributed by atoms with E-state index in [2.05, 4.69) is 25.1 Å². The van der Waals surface area contributed by atoms with Crippen molar-refractivity contribution in [2.24, 2.45) is 0 Å². The Kier molecular flexibility index (Phi) is 5.70. The first kappa shape index (κ1) is 19.3. The lowest BCUT2D eigenvalue weighted by Crippen LogP contribution is -2.50. The molecule has 2 amide bonds. The molecule has 2 aromatic rings. The average molecular weight is 404 g/mol. The minimum Gasteiger partial charge on any atom is -0.378 e. The quantitative estimate of drug-likeness (QED) is 0.843. The Morgan fingerprint density at radius 1 is 1.00 bits per heavy atom. The summed E-state index contributed by atoms with van der Waals surface area (Å²) in [6.45, 7) is 4.97. The Bertz CT molecular complexity index is 870. The Morgan fingerprint density at radius 2 is 1.76 bits per heavy atom. The highest BCUT2D eigenvalue weighted by molar-refractivity contribution is 5.89. The summed E-state index contributed by atoms with van der Waals surface area (Å²) in [5.41, 5.74) is -0.0372. The highest BCUT2D eigenvalue weighted by atomic mass is 19.1. The van der Waals surface area contributed by atoms with Crippen LogP contribution < -0.4 is 15.1 Å². The molecule has 8 nitrogen and oxygen atoms in total. The van der Waals surface area contributed by atoms with Crippen molar-refractivity contribution in [1.82, 2.24) is 14.9 Å². The van der Waals surface area contributed by atoms with E-state index in [0.717, 1.165) is 31.0 Å². The lowest BCUT2D eigenvalue weighted by Gasteiger charge is -2.35. The number of carbonyl (C=O) groups excluding carboxylic acids is 1. The number of carbonyl (C=O) groups is 1. The highest BCUT2D eigenvalue weighted by Crippen LogP contribution is 2.19. The zero-order chi connectivity index (χ0) is 20.2. The maximum absolute atomic E-state index is 13.7. The van der Waals surface area contributed by atoms with Gasteiger partial charge in [-0.1, -0.05) is 0 Å². The fraction of sp³-hybridized carbons (Fsp3) is 0.421. The van der Waals surface area contributed by atoms with Gasteiger partial charge >= 0.3 is 6.03 Å². The Morgan fingerprint density at radius 3 is 2.48 bits per heavy atom. The minimum absolute atomic E-state index is 0.0372. The number of morpholine rings is 1. The van der Waals surface area contributed by atoms with Crippen LogP contribution in [0.5, 0.6) is 0 Å². The molecule has 3 heterocycles. The second-order valence-electron chi connectivity index (χ2n) is 6.84. The third-order valence-corrected chi connectivity index (χ3v) is 4.99.